The minimum atomic E-state index is 0.576. The summed E-state index contributed by atoms with van der Waals surface area (Å²) in [5, 5.41) is 7.44. The molecule has 0 fully saturated rings. The van der Waals surface area contributed by atoms with Crippen LogP contribution in [-0.2, 0) is 0 Å². The molecule has 0 saturated heterocycles. The summed E-state index contributed by atoms with van der Waals surface area (Å²) in [4.78, 5) is 24.0. The molecular formula is C45H26N6. The highest BCUT2D eigenvalue weighted by atomic mass is 15.0. The standard InChI is InChI=1S/C45H26N6/c1-46-32-22-24-40-38(27-32)37-26-31(21-23-39(37)51(40)41-20-8-14-30-15-9-25-47-42(30)41)43-48-44(35-18-6-12-28-10-2-4-16-33(28)35)50-45(49-43)36-19-7-13-29-11-3-5-17-34(29)36/h2-27H. The van der Waals surface area contributed by atoms with E-state index in [-0.39, 0.29) is 0 Å². The van der Waals surface area contributed by atoms with E-state index in [4.69, 9.17) is 26.5 Å². The summed E-state index contributed by atoms with van der Waals surface area (Å²) in [6.07, 6.45) is 1.83. The number of pyridine rings is 1. The summed E-state index contributed by atoms with van der Waals surface area (Å²) in [6.45, 7) is 7.79. The van der Waals surface area contributed by atoms with E-state index in [1.807, 2.05) is 54.7 Å². The molecular weight excluding hydrogens is 625 g/mol. The molecule has 10 rings (SSSR count). The molecule has 6 nitrogen and oxygen atoms in total. The lowest BCUT2D eigenvalue weighted by Crippen LogP contribution is -2.01. The molecule has 6 heteroatoms. The Kier molecular flexibility index (Phi) is 6.45. The van der Waals surface area contributed by atoms with Gasteiger partial charge in [-0.1, -0.05) is 109 Å². The van der Waals surface area contributed by atoms with Crippen LogP contribution in [0.1, 0.15) is 0 Å². The first-order valence-electron chi connectivity index (χ1n) is 16.8. The fourth-order valence-corrected chi connectivity index (χ4v) is 7.33. The summed E-state index contributed by atoms with van der Waals surface area (Å²) in [6, 6.07) is 51.6. The van der Waals surface area contributed by atoms with Crippen molar-refractivity contribution in [3.05, 3.63) is 169 Å². The normalized spacial score (nSPS) is 11.5. The average Bonchev–Trinajstić information content (AvgIpc) is 3.52. The number of benzene rings is 7. The maximum atomic E-state index is 7.79. The van der Waals surface area contributed by atoms with Crippen LogP contribution < -0.4 is 0 Å². The number of hydrogen-bond donors (Lipinski definition) is 0. The molecule has 0 aliphatic rings. The minimum absolute atomic E-state index is 0.576. The number of aromatic nitrogens is 5. The first-order valence-corrected chi connectivity index (χ1v) is 16.8. The molecule has 0 atom stereocenters. The zero-order valence-corrected chi connectivity index (χ0v) is 27.2. The van der Waals surface area contributed by atoms with Crippen LogP contribution in [0.2, 0.25) is 0 Å². The molecule has 0 aliphatic heterocycles. The largest absolute Gasteiger partial charge is 0.307 e. The fourth-order valence-electron chi connectivity index (χ4n) is 7.33. The van der Waals surface area contributed by atoms with E-state index in [2.05, 4.69) is 113 Å². The van der Waals surface area contributed by atoms with Crippen LogP contribution in [0.5, 0.6) is 0 Å². The summed E-state index contributed by atoms with van der Waals surface area (Å²) in [7, 11) is 0. The van der Waals surface area contributed by atoms with Gasteiger partial charge in [0.25, 0.3) is 0 Å². The van der Waals surface area contributed by atoms with Crippen LogP contribution in [0.25, 0.3) is 98.9 Å². The van der Waals surface area contributed by atoms with Gasteiger partial charge in [0.1, 0.15) is 0 Å². The van der Waals surface area contributed by atoms with Crippen molar-refractivity contribution in [3.8, 4) is 39.9 Å². The smallest absolute Gasteiger partial charge is 0.188 e. The van der Waals surface area contributed by atoms with Gasteiger partial charge in [-0.25, -0.2) is 19.8 Å². The summed E-state index contributed by atoms with van der Waals surface area (Å²) in [5.74, 6) is 1.80. The molecule has 0 radical (unpaired) electrons. The highest BCUT2D eigenvalue weighted by Crippen LogP contribution is 2.39. The predicted octanol–water partition coefficient (Wildman–Crippen LogP) is 11.4. The fraction of sp³-hybridized carbons (Fsp3) is 0. The molecule has 0 N–H and O–H groups in total. The van der Waals surface area contributed by atoms with Crippen molar-refractivity contribution in [2.75, 3.05) is 0 Å². The van der Waals surface area contributed by atoms with Crippen LogP contribution in [0.4, 0.5) is 5.69 Å². The first kappa shape index (κ1) is 28.8. The molecule has 0 amide bonds. The Bertz CT molecular complexity index is 2950. The first-order chi connectivity index (χ1) is 25.2. The quantitative estimate of drug-likeness (QED) is 0.178. The van der Waals surface area contributed by atoms with E-state index in [0.717, 1.165) is 76.6 Å². The lowest BCUT2D eigenvalue weighted by molar-refractivity contribution is 1.08. The Labute approximate surface area is 292 Å². The maximum Gasteiger partial charge on any atom is 0.188 e. The third kappa shape index (κ3) is 4.64. The van der Waals surface area contributed by atoms with Crippen LogP contribution in [-0.4, -0.2) is 24.5 Å². The van der Waals surface area contributed by atoms with Crippen molar-refractivity contribution in [2.24, 2.45) is 0 Å². The highest BCUT2D eigenvalue weighted by Gasteiger charge is 2.19. The van der Waals surface area contributed by atoms with Crippen LogP contribution in [0, 0.1) is 6.57 Å². The van der Waals surface area contributed by atoms with Crippen molar-refractivity contribution in [2.45, 2.75) is 0 Å². The van der Waals surface area contributed by atoms with Crippen LogP contribution >= 0.6 is 0 Å². The second-order valence-corrected chi connectivity index (χ2v) is 12.6. The molecule has 3 heterocycles. The third-order valence-corrected chi connectivity index (χ3v) is 9.68. The Morgan fingerprint density at radius 1 is 0.471 bits per heavy atom. The molecule has 3 aromatic heterocycles. The molecule has 0 spiro atoms. The average molecular weight is 651 g/mol. The van der Waals surface area contributed by atoms with Gasteiger partial charge in [-0.2, -0.15) is 0 Å². The Morgan fingerprint density at radius 2 is 1.04 bits per heavy atom. The molecule has 51 heavy (non-hydrogen) atoms. The van der Waals surface area contributed by atoms with Gasteiger partial charge in [-0.3, -0.25) is 4.98 Å². The van der Waals surface area contributed by atoms with E-state index in [1.165, 1.54) is 0 Å². The van der Waals surface area contributed by atoms with Crippen molar-refractivity contribution in [3.63, 3.8) is 0 Å². The summed E-state index contributed by atoms with van der Waals surface area (Å²) in [5.41, 5.74) is 7.22. The van der Waals surface area contributed by atoms with E-state index in [9.17, 15) is 0 Å². The SMILES string of the molecule is [C-]#[N+]c1ccc2c(c1)c1cc(-c3nc(-c4cccc5ccccc45)nc(-c4cccc5ccccc45)n3)ccc1n2-c1cccc2cccnc12. The van der Waals surface area contributed by atoms with Gasteiger partial charge in [-0.15, -0.1) is 0 Å². The summed E-state index contributed by atoms with van der Waals surface area (Å²) < 4.78 is 2.24. The molecule has 7 aromatic carbocycles. The van der Waals surface area contributed by atoms with Gasteiger partial charge in [0.15, 0.2) is 23.2 Å². The number of para-hydroxylation sites is 1. The Hall–Kier alpha value is -7.23. The number of nitrogens with zero attached hydrogens (tertiary/aromatic N) is 6. The van der Waals surface area contributed by atoms with Gasteiger partial charge in [0.2, 0.25) is 0 Å². The molecule has 0 unspecified atom stereocenters. The number of rotatable bonds is 4. The van der Waals surface area contributed by atoms with Gasteiger partial charge < -0.3 is 4.57 Å². The van der Waals surface area contributed by atoms with Gasteiger partial charge in [0, 0.05) is 33.7 Å². The molecule has 0 saturated carbocycles. The maximum absolute atomic E-state index is 7.79. The molecule has 10 aromatic rings. The van der Waals surface area contributed by atoms with Crippen molar-refractivity contribution >= 4 is 59.9 Å². The van der Waals surface area contributed by atoms with E-state index < -0.39 is 0 Å². The van der Waals surface area contributed by atoms with Crippen molar-refractivity contribution in [1.82, 2.24) is 24.5 Å². The molecule has 0 bridgehead atoms. The Balaban J connectivity index is 1.25. The van der Waals surface area contributed by atoms with Crippen molar-refractivity contribution in [1.29, 1.82) is 0 Å². The van der Waals surface area contributed by atoms with Gasteiger partial charge >= 0.3 is 0 Å². The summed E-state index contributed by atoms with van der Waals surface area (Å²) >= 11 is 0. The number of hydrogen-bond acceptors (Lipinski definition) is 4. The second-order valence-electron chi connectivity index (χ2n) is 12.6. The van der Waals surface area contributed by atoms with E-state index in [1.54, 1.807) is 0 Å². The zero-order chi connectivity index (χ0) is 33.9. The van der Waals surface area contributed by atoms with Gasteiger partial charge in [-0.05, 0) is 69.4 Å². The van der Waals surface area contributed by atoms with E-state index in [0.29, 0.717) is 23.2 Å². The highest BCUT2D eigenvalue weighted by molar-refractivity contribution is 6.12. The second kappa shape index (κ2) is 11.4. The lowest BCUT2D eigenvalue weighted by atomic mass is 10.0. The monoisotopic (exact) mass is 650 g/mol. The lowest BCUT2D eigenvalue weighted by Gasteiger charge is -2.12. The number of fused-ring (bicyclic) bond motifs is 6. The van der Waals surface area contributed by atoms with Crippen molar-refractivity contribution < 1.29 is 0 Å². The van der Waals surface area contributed by atoms with Crippen LogP contribution in [0.15, 0.2) is 158 Å². The third-order valence-electron chi connectivity index (χ3n) is 9.68. The predicted molar refractivity (Wildman–Crippen MR) is 207 cm³/mol. The van der Waals surface area contributed by atoms with Gasteiger partial charge in [0.05, 0.1) is 28.8 Å². The minimum Gasteiger partial charge on any atom is -0.307 e. The molecule has 0 aliphatic carbocycles. The topological polar surface area (TPSA) is 60.9 Å². The molecule has 236 valence electrons. The van der Waals surface area contributed by atoms with E-state index >= 15 is 0 Å². The van der Waals surface area contributed by atoms with Crippen LogP contribution in [0.3, 0.4) is 0 Å². The Morgan fingerprint density at radius 3 is 1.75 bits per heavy atom. The zero-order valence-electron chi connectivity index (χ0n) is 27.2.